The van der Waals surface area contributed by atoms with Crippen molar-refractivity contribution in [1.29, 1.82) is 0 Å². The zero-order valence-corrected chi connectivity index (χ0v) is 24.9. The quantitative estimate of drug-likeness (QED) is 0.0853. The van der Waals surface area contributed by atoms with Crippen LogP contribution >= 0.6 is 0 Å². The predicted octanol–water partition coefficient (Wildman–Crippen LogP) is 9.84. The number of hydrogen-bond donors (Lipinski definition) is 0. The third-order valence-electron chi connectivity index (χ3n) is 7.48. The van der Waals surface area contributed by atoms with Crippen molar-refractivity contribution in [2.75, 3.05) is 6.61 Å². The number of unbranched alkanes of at least 4 members (excludes halogenated alkanes) is 8. The van der Waals surface area contributed by atoms with Gasteiger partial charge in [0.05, 0.1) is 6.61 Å². The minimum absolute atomic E-state index is 0.168. The van der Waals surface area contributed by atoms with Crippen LogP contribution in [0.5, 0.6) is 11.5 Å². The van der Waals surface area contributed by atoms with Gasteiger partial charge in [0.1, 0.15) is 11.5 Å². The monoisotopic (exact) mass is 544 g/mol. The fourth-order valence-electron chi connectivity index (χ4n) is 4.62. The normalized spacial score (nSPS) is 11.8. The van der Waals surface area contributed by atoms with Crippen LogP contribution in [0.15, 0.2) is 60.9 Å². The molecule has 0 radical (unpaired) electrons. The summed E-state index contributed by atoms with van der Waals surface area (Å²) in [5.41, 5.74) is 2.85. The predicted molar refractivity (Wildman–Crippen MR) is 165 cm³/mol. The van der Waals surface area contributed by atoms with Crippen molar-refractivity contribution in [2.45, 2.75) is 104 Å². The average molecular weight is 545 g/mol. The van der Waals surface area contributed by atoms with Gasteiger partial charge in [-0.3, -0.25) is 4.79 Å². The first-order valence-electron chi connectivity index (χ1n) is 15.5. The van der Waals surface area contributed by atoms with Crippen LogP contribution in [0, 0.1) is 5.92 Å². The third-order valence-corrected chi connectivity index (χ3v) is 7.48. The van der Waals surface area contributed by atoms with Crippen LogP contribution in [0.1, 0.15) is 104 Å². The second-order valence-corrected chi connectivity index (χ2v) is 10.9. The van der Waals surface area contributed by atoms with Crippen LogP contribution in [-0.2, 0) is 4.79 Å². The molecule has 0 saturated carbocycles. The van der Waals surface area contributed by atoms with E-state index < -0.39 is 0 Å². The van der Waals surface area contributed by atoms with Crippen LogP contribution in [0.4, 0.5) is 0 Å². The summed E-state index contributed by atoms with van der Waals surface area (Å²) in [6.45, 7) is 7.52. The van der Waals surface area contributed by atoms with E-state index in [2.05, 4.69) is 30.7 Å². The number of esters is 1. The molecular formula is C35H48N2O3. The van der Waals surface area contributed by atoms with Gasteiger partial charge < -0.3 is 9.47 Å². The van der Waals surface area contributed by atoms with Crippen molar-refractivity contribution >= 4 is 5.97 Å². The van der Waals surface area contributed by atoms with Gasteiger partial charge >= 0.3 is 5.97 Å². The Balaban J connectivity index is 1.40. The lowest BCUT2D eigenvalue weighted by Crippen LogP contribution is -2.07. The van der Waals surface area contributed by atoms with E-state index in [1.54, 1.807) is 0 Å². The van der Waals surface area contributed by atoms with Crippen LogP contribution in [0.25, 0.3) is 22.5 Å². The van der Waals surface area contributed by atoms with Crippen molar-refractivity contribution < 1.29 is 14.3 Å². The van der Waals surface area contributed by atoms with Gasteiger partial charge in [-0.25, -0.2) is 9.97 Å². The van der Waals surface area contributed by atoms with Gasteiger partial charge in [0.25, 0.3) is 0 Å². The van der Waals surface area contributed by atoms with Crippen LogP contribution < -0.4 is 9.47 Å². The topological polar surface area (TPSA) is 61.3 Å². The molecule has 40 heavy (non-hydrogen) atoms. The minimum Gasteiger partial charge on any atom is -0.494 e. The molecule has 3 aromatic rings. The van der Waals surface area contributed by atoms with Gasteiger partial charge in [-0.05, 0) is 60.7 Å². The first kappa shape index (κ1) is 31.3. The minimum atomic E-state index is -0.168. The van der Waals surface area contributed by atoms with Crippen LogP contribution in [0.2, 0.25) is 0 Å². The Hall–Kier alpha value is -3.21. The number of aromatic nitrogens is 2. The highest BCUT2D eigenvalue weighted by Crippen LogP contribution is 2.24. The zero-order chi connectivity index (χ0) is 28.4. The fraction of sp³-hybridized carbons (Fsp3) is 0.514. The number of carbonyl (C=O) groups excluding carboxylic acids is 1. The highest BCUT2D eigenvalue weighted by Gasteiger charge is 2.08. The zero-order valence-electron chi connectivity index (χ0n) is 24.9. The summed E-state index contributed by atoms with van der Waals surface area (Å²) in [7, 11) is 0. The van der Waals surface area contributed by atoms with Gasteiger partial charge in [0.15, 0.2) is 5.82 Å². The molecule has 0 aliphatic rings. The molecule has 0 fully saturated rings. The van der Waals surface area contributed by atoms with Crippen LogP contribution in [-0.4, -0.2) is 22.5 Å². The van der Waals surface area contributed by atoms with Crippen molar-refractivity contribution in [1.82, 2.24) is 9.97 Å². The maximum Gasteiger partial charge on any atom is 0.311 e. The van der Waals surface area contributed by atoms with Gasteiger partial charge in [-0.2, -0.15) is 0 Å². The lowest BCUT2D eigenvalue weighted by atomic mass is 10.0. The summed E-state index contributed by atoms with van der Waals surface area (Å²) >= 11 is 0. The van der Waals surface area contributed by atoms with E-state index in [9.17, 15) is 4.79 Å². The first-order valence-corrected chi connectivity index (χ1v) is 15.5. The number of rotatable bonds is 19. The molecule has 5 heteroatoms. The molecule has 216 valence electrons. The van der Waals surface area contributed by atoms with Gasteiger partial charge in [-0.15, -0.1) is 0 Å². The maximum absolute atomic E-state index is 12.2. The molecule has 1 unspecified atom stereocenters. The van der Waals surface area contributed by atoms with E-state index in [1.807, 2.05) is 60.9 Å². The van der Waals surface area contributed by atoms with E-state index in [4.69, 9.17) is 9.47 Å². The lowest BCUT2D eigenvalue weighted by molar-refractivity contribution is -0.134. The molecule has 0 amide bonds. The SMILES string of the molecule is CCCCCCCCCOc1ccc(-c2ncc(-c3ccc(OC(=O)CCCCCC(C)CC)cc3)cn2)cc1. The Morgan fingerprint density at radius 2 is 1.30 bits per heavy atom. The molecule has 1 aromatic heterocycles. The molecule has 0 N–H and O–H groups in total. The summed E-state index contributed by atoms with van der Waals surface area (Å²) in [6, 6.07) is 15.5. The summed E-state index contributed by atoms with van der Waals surface area (Å²) < 4.78 is 11.4. The van der Waals surface area contributed by atoms with Gasteiger partial charge in [0, 0.05) is 29.9 Å². The van der Waals surface area contributed by atoms with E-state index in [1.165, 1.54) is 57.8 Å². The molecule has 3 rings (SSSR count). The molecule has 5 nitrogen and oxygen atoms in total. The standard InChI is InChI=1S/C35H48N2O3/c1-4-6-7-8-9-10-14-25-39-32-21-19-30(20-22-32)35-36-26-31(27-37-35)29-17-23-33(24-18-29)40-34(38)16-13-11-12-15-28(3)5-2/h17-24,26-28H,4-16,25H2,1-3H3. The molecule has 2 aromatic carbocycles. The van der Waals surface area contributed by atoms with Crippen molar-refractivity contribution in [3.63, 3.8) is 0 Å². The molecule has 0 aliphatic heterocycles. The Bertz CT molecular complexity index is 1090. The second-order valence-electron chi connectivity index (χ2n) is 10.9. The van der Waals surface area contributed by atoms with Gasteiger partial charge in [-0.1, -0.05) is 97.1 Å². The Morgan fingerprint density at radius 3 is 1.98 bits per heavy atom. The number of hydrogen-bond acceptors (Lipinski definition) is 5. The maximum atomic E-state index is 12.2. The van der Waals surface area contributed by atoms with Crippen molar-refractivity contribution in [2.24, 2.45) is 5.92 Å². The Kier molecular flexibility index (Phi) is 14.2. The summed E-state index contributed by atoms with van der Waals surface area (Å²) in [5.74, 6) is 2.73. The molecule has 1 atom stereocenters. The smallest absolute Gasteiger partial charge is 0.311 e. The molecular weight excluding hydrogens is 496 g/mol. The number of carbonyl (C=O) groups is 1. The number of ether oxygens (including phenoxy) is 2. The Morgan fingerprint density at radius 1 is 0.700 bits per heavy atom. The van der Waals surface area contributed by atoms with Gasteiger partial charge in [0.2, 0.25) is 0 Å². The molecule has 0 spiro atoms. The lowest BCUT2D eigenvalue weighted by Gasteiger charge is -2.08. The first-order chi connectivity index (χ1) is 19.6. The molecule has 1 heterocycles. The fourth-order valence-corrected chi connectivity index (χ4v) is 4.62. The molecule has 0 aliphatic carbocycles. The third kappa shape index (κ3) is 11.5. The summed E-state index contributed by atoms with van der Waals surface area (Å²) in [5, 5.41) is 0. The van der Waals surface area contributed by atoms with E-state index in [0.29, 0.717) is 18.0 Å². The number of benzene rings is 2. The highest BCUT2D eigenvalue weighted by molar-refractivity contribution is 5.73. The molecule has 0 saturated heterocycles. The Labute approximate surface area is 241 Å². The van der Waals surface area contributed by atoms with E-state index in [0.717, 1.165) is 54.2 Å². The average Bonchev–Trinajstić information content (AvgIpc) is 2.99. The summed E-state index contributed by atoms with van der Waals surface area (Å²) in [6.07, 6.45) is 18.7. The summed E-state index contributed by atoms with van der Waals surface area (Å²) in [4.78, 5) is 21.3. The molecule has 0 bridgehead atoms. The van der Waals surface area contributed by atoms with E-state index >= 15 is 0 Å². The number of nitrogens with zero attached hydrogens (tertiary/aromatic N) is 2. The largest absolute Gasteiger partial charge is 0.494 e. The van der Waals surface area contributed by atoms with Crippen molar-refractivity contribution in [3.8, 4) is 34.0 Å². The second kappa shape index (κ2) is 18.2. The highest BCUT2D eigenvalue weighted by atomic mass is 16.5. The van der Waals surface area contributed by atoms with E-state index in [-0.39, 0.29) is 5.97 Å². The van der Waals surface area contributed by atoms with Crippen LogP contribution in [0.3, 0.4) is 0 Å². The van der Waals surface area contributed by atoms with Crippen molar-refractivity contribution in [3.05, 3.63) is 60.9 Å².